The molecule has 1 unspecified atom stereocenters. The van der Waals surface area contributed by atoms with Gasteiger partial charge in [-0.25, -0.2) is 8.42 Å². The van der Waals surface area contributed by atoms with Crippen LogP contribution in [0.2, 0.25) is 5.02 Å². The molecule has 1 aliphatic heterocycles. The number of benzene rings is 2. The smallest absolute Gasteiger partial charge is 0.269 e. The molecule has 0 radical (unpaired) electrons. The van der Waals surface area contributed by atoms with Crippen LogP contribution in [0.1, 0.15) is 19.3 Å². The van der Waals surface area contributed by atoms with Gasteiger partial charge in [-0.15, -0.1) is 0 Å². The van der Waals surface area contributed by atoms with E-state index in [4.69, 9.17) is 11.6 Å². The van der Waals surface area contributed by atoms with E-state index >= 15 is 0 Å². The monoisotopic (exact) mass is 423 g/mol. The summed E-state index contributed by atoms with van der Waals surface area (Å²) in [5, 5.41) is 14.0. The number of nitrogens with one attached hydrogen (secondary N) is 1. The van der Waals surface area contributed by atoms with Crippen LogP contribution < -0.4 is 5.32 Å². The second kappa shape index (κ2) is 8.26. The number of hydrogen-bond donors (Lipinski definition) is 1. The molecule has 0 aromatic heterocycles. The highest BCUT2D eigenvalue weighted by Crippen LogP contribution is 2.27. The molecule has 10 heteroatoms. The van der Waals surface area contributed by atoms with Gasteiger partial charge in [0, 0.05) is 29.4 Å². The quantitative estimate of drug-likeness (QED) is 0.585. The van der Waals surface area contributed by atoms with Crippen molar-refractivity contribution in [3.63, 3.8) is 0 Å². The van der Waals surface area contributed by atoms with E-state index in [0.29, 0.717) is 23.6 Å². The lowest BCUT2D eigenvalue weighted by Gasteiger charge is -2.33. The van der Waals surface area contributed by atoms with E-state index in [-0.39, 0.29) is 17.1 Å². The van der Waals surface area contributed by atoms with Crippen LogP contribution in [0.5, 0.6) is 0 Å². The molecular weight excluding hydrogens is 406 g/mol. The van der Waals surface area contributed by atoms with Gasteiger partial charge in [0.1, 0.15) is 6.04 Å². The molecule has 1 fully saturated rings. The van der Waals surface area contributed by atoms with Crippen molar-refractivity contribution in [2.75, 3.05) is 11.9 Å². The number of non-ortho nitro benzene ring substituents is 1. The standard InChI is InChI=1S/C18H18ClN3O5S/c19-13-4-6-14(7-5-13)20-18(23)17-3-1-2-12-21(17)28(26,27)16-10-8-15(9-11-16)22(24)25/h4-11,17H,1-3,12H2,(H,20,23). The van der Waals surface area contributed by atoms with Crippen LogP contribution in [0.15, 0.2) is 53.4 Å². The Morgan fingerprint density at radius 3 is 2.36 bits per heavy atom. The highest BCUT2D eigenvalue weighted by Gasteiger charge is 2.37. The van der Waals surface area contributed by atoms with E-state index in [1.807, 2.05) is 0 Å². The fraction of sp³-hybridized carbons (Fsp3) is 0.278. The number of carbonyl (C=O) groups is 1. The summed E-state index contributed by atoms with van der Waals surface area (Å²) in [7, 11) is -3.97. The SMILES string of the molecule is O=C(Nc1ccc(Cl)cc1)C1CCCCN1S(=O)(=O)c1ccc([N+](=O)[O-])cc1. The topological polar surface area (TPSA) is 110 Å². The number of sulfonamides is 1. The highest BCUT2D eigenvalue weighted by atomic mass is 35.5. The molecule has 28 heavy (non-hydrogen) atoms. The van der Waals surface area contributed by atoms with Crippen LogP contribution in [0.25, 0.3) is 0 Å². The number of hydrogen-bond acceptors (Lipinski definition) is 5. The molecule has 1 atom stereocenters. The summed E-state index contributed by atoms with van der Waals surface area (Å²) in [6.07, 6.45) is 1.76. The normalized spacial score (nSPS) is 17.8. The largest absolute Gasteiger partial charge is 0.325 e. The first-order valence-corrected chi connectivity index (χ1v) is 10.4. The third-order valence-electron chi connectivity index (χ3n) is 4.52. The van der Waals surface area contributed by atoms with Gasteiger partial charge in [0.25, 0.3) is 5.69 Å². The Bertz CT molecular complexity index is 977. The van der Waals surface area contributed by atoms with E-state index in [2.05, 4.69) is 5.32 Å². The number of amides is 1. The van der Waals surface area contributed by atoms with Crippen molar-refractivity contribution in [1.82, 2.24) is 4.31 Å². The van der Waals surface area contributed by atoms with Gasteiger partial charge in [0.2, 0.25) is 15.9 Å². The average Bonchev–Trinajstić information content (AvgIpc) is 2.69. The first-order valence-electron chi connectivity index (χ1n) is 8.62. The summed E-state index contributed by atoms with van der Waals surface area (Å²) in [4.78, 5) is 22.9. The first-order chi connectivity index (χ1) is 13.3. The lowest BCUT2D eigenvalue weighted by atomic mass is 10.0. The highest BCUT2D eigenvalue weighted by molar-refractivity contribution is 7.89. The van der Waals surface area contributed by atoms with E-state index in [9.17, 15) is 23.3 Å². The predicted molar refractivity (Wildman–Crippen MR) is 105 cm³/mol. The number of nitro groups is 1. The zero-order valence-corrected chi connectivity index (χ0v) is 16.3. The van der Waals surface area contributed by atoms with Gasteiger partial charge in [0.15, 0.2) is 0 Å². The fourth-order valence-electron chi connectivity index (χ4n) is 3.09. The maximum Gasteiger partial charge on any atom is 0.269 e. The molecule has 1 N–H and O–H groups in total. The minimum atomic E-state index is -3.97. The van der Waals surface area contributed by atoms with Crippen LogP contribution in [0, 0.1) is 10.1 Å². The molecule has 8 nitrogen and oxygen atoms in total. The van der Waals surface area contributed by atoms with E-state index in [1.54, 1.807) is 24.3 Å². The molecule has 0 aliphatic carbocycles. The maximum absolute atomic E-state index is 13.0. The predicted octanol–water partition coefficient (Wildman–Crippen LogP) is 3.43. The van der Waals surface area contributed by atoms with Crippen molar-refractivity contribution in [3.8, 4) is 0 Å². The van der Waals surface area contributed by atoms with Gasteiger partial charge >= 0.3 is 0 Å². The van der Waals surface area contributed by atoms with Gasteiger partial charge in [0.05, 0.1) is 9.82 Å². The molecule has 1 saturated heterocycles. The van der Waals surface area contributed by atoms with Gasteiger partial charge in [-0.2, -0.15) is 4.31 Å². The van der Waals surface area contributed by atoms with Crippen LogP contribution in [0.4, 0.5) is 11.4 Å². The van der Waals surface area contributed by atoms with Crippen molar-refractivity contribution in [1.29, 1.82) is 0 Å². The third-order valence-corrected chi connectivity index (χ3v) is 6.70. The van der Waals surface area contributed by atoms with Gasteiger partial charge in [-0.05, 0) is 49.2 Å². The minimum Gasteiger partial charge on any atom is -0.325 e. The molecular formula is C18H18ClN3O5S. The number of nitro benzene ring substituents is 1. The Morgan fingerprint density at radius 1 is 1.11 bits per heavy atom. The first kappa shape index (κ1) is 20.2. The number of rotatable bonds is 5. The van der Waals surface area contributed by atoms with Crippen LogP contribution in [-0.4, -0.2) is 36.1 Å². The summed E-state index contributed by atoms with van der Waals surface area (Å²) < 4.78 is 27.2. The lowest BCUT2D eigenvalue weighted by molar-refractivity contribution is -0.384. The van der Waals surface area contributed by atoms with Crippen molar-refractivity contribution in [2.24, 2.45) is 0 Å². The summed E-state index contributed by atoms with van der Waals surface area (Å²) in [5.74, 6) is -0.424. The number of nitrogens with zero attached hydrogens (tertiary/aromatic N) is 2. The zero-order chi connectivity index (χ0) is 20.3. The second-order valence-electron chi connectivity index (χ2n) is 6.37. The lowest BCUT2D eigenvalue weighted by Crippen LogP contribution is -2.49. The number of halogens is 1. The minimum absolute atomic E-state index is 0.0794. The Balaban J connectivity index is 1.84. The van der Waals surface area contributed by atoms with Crippen molar-refractivity contribution in [2.45, 2.75) is 30.2 Å². The van der Waals surface area contributed by atoms with Crippen LogP contribution in [0.3, 0.4) is 0 Å². The Morgan fingerprint density at radius 2 is 1.75 bits per heavy atom. The van der Waals surface area contributed by atoms with Gasteiger partial charge < -0.3 is 5.32 Å². The Kier molecular flexibility index (Phi) is 5.97. The maximum atomic E-state index is 13.0. The van der Waals surface area contributed by atoms with Crippen molar-refractivity contribution < 1.29 is 18.1 Å². The summed E-state index contributed by atoms with van der Waals surface area (Å²) in [6.45, 7) is 0.206. The Hall–Kier alpha value is -2.49. The van der Waals surface area contributed by atoms with Gasteiger partial charge in [-0.1, -0.05) is 18.0 Å². The molecule has 0 saturated carbocycles. The number of anilines is 1. The molecule has 0 bridgehead atoms. The number of carbonyl (C=O) groups excluding carboxylic acids is 1. The Labute approximate surface area is 167 Å². The molecule has 2 aromatic rings. The van der Waals surface area contributed by atoms with Crippen LogP contribution >= 0.6 is 11.6 Å². The average molecular weight is 424 g/mol. The van der Waals surface area contributed by atoms with E-state index < -0.39 is 26.9 Å². The summed E-state index contributed by atoms with van der Waals surface area (Å²) in [6, 6.07) is 10.3. The third kappa shape index (κ3) is 4.32. The molecule has 2 aromatic carbocycles. The van der Waals surface area contributed by atoms with E-state index in [0.717, 1.165) is 18.6 Å². The summed E-state index contributed by atoms with van der Waals surface area (Å²) in [5.41, 5.74) is 0.322. The van der Waals surface area contributed by atoms with Crippen LogP contribution in [-0.2, 0) is 14.8 Å². The molecule has 3 rings (SSSR count). The molecule has 1 aliphatic rings. The fourth-order valence-corrected chi connectivity index (χ4v) is 4.87. The van der Waals surface area contributed by atoms with Crippen molar-refractivity contribution >= 4 is 38.9 Å². The molecule has 1 amide bonds. The zero-order valence-electron chi connectivity index (χ0n) is 14.7. The summed E-state index contributed by atoms with van der Waals surface area (Å²) >= 11 is 5.84. The number of piperidine rings is 1. The van der Waals surface area contributed by atoms with Gasteiger partial charge in [-0.3, -0.25) is 14.9 Å². The molecule has 0 spiro atoms. The van der Waals surface area contributed by atoms with E-state index in [1.165, 1.54) is 16.4 Å². The van der Waals surface area contributed by atoms with Crippen molar-refractivity contribution in [3.05, 3.63) is 63.7 Å². The second-order valence-corrected chi connectivity index (χ2v) is 8.70. The molecule has 1 heterocycles. The molecule has 148 valence electrons.